The second-order valence-electron chi connectivity index (χ2n) is 4.48. The van der Waals surface area contributed by atoms with Gasteiger partial charge in [-0.3, -0.25) is 0 Å². The molecule has 0 aliphatic heterocycles. The van der Waals surface area contributed by atoms with Crippen molar-refractivity contribution in [2.24, 2.45) is 0 Å². The van der Waals surface area contributed by atoms with Crippen LogP contribution >= 0.6 is 27.7 Å². The van der Waals surface area contributed by atoms with Crippen LogP contribution in [0.2, 0.25) is 0 Å². The van der Waals surface area contributed by atoms with Gasteiger partial charge in [-0.25, -0.2) is 0 Å². The predicted molar refractivity (Wildman–Crippen MR) is 78.2 cm³/mol. The highest BCUT2D eigenvalue weighted by Crippen LogP contribution is 2.35. The summed E-state index contributed by atoms with van der Waals surface area (Å²) in [4.78, 5) is 0. The summed E-state index contributed by atoms with van der Waals surface area (Å²) in [5.41, 5.74) is 0. The molecule has 0 fully saturated rings. The van der Waals surface area contributed by atoms with E-state index in [1.807, 2.05) is 0 Å². The number of alkyl halides is 3. The molecule has 17 heavy (non-hydrogen) atoms. The molecule has 0 spiro atoms. The second kappa shape index (κ2) is 11.8. The molecule has 0 bridgehead atoms. The highest BCUT2D eigenvalue weighted by molar-refractivity contribution is 9.11. The lowest BCUT2D eigenvalue weighted by Gasteiger charge is -2.06. The highest BCUT2D eigenvalue weighted by atomic mass is 79.9. The van der Waals surface area contributed by atoms with Crippen molar-refractivity contribution < 1.29 is 8.78 Å². The smallest absolute Gasteiger partial charge is 0.182 e. The molecule has 0 aromatic rings. The first-order chi connectivity index (χ1) is 8.06. The molecule has 0 atom stereocenters. The van der Waals surface area contributed by atoms with Gasteiger partial charge in [0, 0.05) is 15.9 Å². The Hall–Kier alpha value is 0.690. The van der Waals surface area contributed by atoms with Crippen molar-refractivity contribution in [3.63, 3.8) is 0 Å². The van der Waals surface area contributed by atoms with Gasteiger partial charge in [0.05, 0.1) is 0 Å². The van der Waals surface area contributed by atoms with Crippen LogP contribution in [-0.2, 0) is 0 Å². The number of hydrogen-bond acceptors (Lipinski definition) is 1. The molecule has 0 aliphatic carbocycles. The zero-order valence-corrected chi connectivity index (χ0v) is 13.2. The fourth-order valence-corrected chi connectivity index (χ4v) is 2.84. The molecule has 0 heterocycles. The number of halogens is 3. The number of hydrogen-bond donors (Lipinski definition) is 0. The Morgan fingerprint density at radius 3 is 1.65 bits per heavy atom. The van der Waals surface area contributed by atoms with Crippen LogP contribution in [0.15, 0.2) is 0 Å². The molecular weight excluding hydrogens is 306 g/mol. The van der Waals surface area contributed by atoms with Gasteiger partial charge in [0.25, 0.3) is 0 Å². The van der Waals surface area contributed by atoms with Crippen LogP contribution in [0.1, 0.15) is 71.1 Å². The molecule has 0 rings (SSSR count). The van der Waals surface area contributed by atoms with Gasteiger partial charge in [-0.2, -0.15) is 8.78 Å². The van der Waals surface area contributed by atoms with Gasteiger partial charge in [-0.1, -0.05) is 76.5 Å². The zero-order chi connectivity index (χ0) is 13.0. The van der Waals surface area contributed by atoms with Gasteiger partial charge < -0.3 is 0 Å². The van der Waals surface area contributed by atoms with Crippen molar-refractivity contribution in [3.05, 3.63) is 0 Å². The normalized spacial score (nSPS) is 12.0. The summed E-state index contributed by atoms with van der Waals surface area (Å²) >= 11 is 3.03. The minimum atomic E-state index is -2.73. The van der Waals surface area contributed by atoms with E-state index in [4.69, 9.17) is 0 Å². The minimum Gasteiger partial charge on any atom is -0.182 e. The average molecular weight is 331 g/mol. The maximum absolute atomic E-state index is 12.4. The zero-order valence-electron chi connectivity index (χ0n) is 10.8. The Morgan fingerprint density at radius 1 is 0.824 bits per heavy atom. The second-order valence-corrected chi connectivity index (χ2v) is 7.21. The summed E-state index contributed by atoms with van der Waals surface area (Å²) in [7, 11) is 0. The molecule has 0 saturated heterocycles. The molecule has 0 nitrogen and oxygen atoms in total. The Morgan fingerprint density at radius 2 is 1.24 bits per heavy atom. The summed E-state index contributed by atoms with van der Waals surface area (Å²) in [5, 5.41) is 0. The SMILES string of the molecule is CCCCCCCCCCCCSC(F)(F)Br. The molecule has 0 unspecified atom stereocenters. The third-order valence-electron chi connectivity index (χ3n) is 2.76. The minimum absolute atomic E-state index is 0.550. The Labute approximate surface area is 117 Å². The van der Waals surface area contributed by atoms with Crippen molar-refractivity contribution in [1.82, 2.24) is 0 Å². The van der Waals surface area contributed by atoms with Gasteiger partial charge in [-0.05, 0) is 12.2 Å². The van der Waals surface area contributed by atoms with E-state index in [2.05, 4.69) is 22.9 Å². The summed E-state index contributed by atoms with van der Waals surface area (Å²) < 4.78 is 22.0. The van der Waals surface area contributed by atoms with E-state index in [9.17, 15) is 8.78 Å². The van der Waals surface area contributed by atoms with Crippen molar-refractivity contribution in [2.45, 2.75) is 75.3 Å². The van der Waals surface area contributed by atoms with Crippen LogP contribution in [0.25, 0.3) is 0 Å². The Kier molecular flexibility index (Phi) is 12.2. The maximum atomic E-state index is 12.4. The van der Waals surface area contributed by atoms with Crippen molar-refractivity contribution in [2.75, 3.05) is 5.75 Å². The summed E-state index contributed by atoms with van der Waals surface area (Å²) in [6.45, 7) is 2.23. The number of rotatable bonds is 12. The molecule has 0 amide bonds. The van der Waals surface area contributed by atoms with Crippen molar-refractivity contribution >= 4 is 27.7 Å². The first-order valence-corrected chi connectivity index (χ1v) is 8.55. The quantitative estimate of drug-likeness (QED) is 0.287. The average Bonchev–Trinajstić information content (AvgIpc) is 2.24. The topological polar surface area (TPSA) is 0 Å². The summed E-state index contributed by atoms with van der Waals surface area (Å²) in [5.74, 6) is 0.550. The molecule has 0 saturated carbocycles. The van der Waals surface area contributed by atoms with Gasteiger partial charge in [-0.15, -0.1) is 0 Å². The molecule has 4 heteroatoms. The van der Waals surface area contributed by atoms with Gasteiger partial charge in [0.1, 0.15) is 0 Å². The van der Waals surface area contributed by atoms with Crippen LogP contribution in [0.3, 0.4) is 0 Å². The van der Waals surface area contributed by atoms with E-state index in [-0.39, 0.29) is 0 Å². The van der Waals surface area contributed by atoms with Crippen molar-refractivity contribution in [1.29, 1.82) is 0 Å². The Balaban J connectivity index is 2.99. The summed E-state index contributed by atoms with van der Waals surface area (Å²) in [6, 6.07) is 0. The van der Waals surface area contributed by atoms with Gasteiger partial charge in [0.2, 0.25) is 0 Å². The molecular formula is C13H25BrF2S. The standard InChI is InChI=1S/C13H25BrF2S/c1-2-3-4-5-6-7-8-9-10-11-12-17-13(14,15)16/h2-12H2,1H3. The number of unbranched alkanes of at least 4 members (excludes halogenated alkanes) is 9. The van der Waals surface area contributed by atoms with E-state index >= 15 is 0 Å². The summed E-state index contributed by atoms with van der Waals surface area (Å²) in [6.07, 6.45) is 12.5. The lowest BCUT2D eigenvalue weighted by atomic mass is 10.1. The van der Waals surface area contributed by atoms with E-state index in [0.29, 0.717) is 17.5 Å². The lowest BCUT2D eigenvalue weighted by molar-refractivity contribution is 0.220. The largest absolute Gasteiger partial charge is 0.348 e. The lowest BCUT2D eigenvalue weighted by Crippen LogP contribution is -1.98. The molecule has 0 aliphatic rings. The molecule has 0 N–H and O–H groups in total. The Bertz CT molecular complexity index is 160. The highest BCUT2D eigenvalue weighted by Gasteiger charge is 2.23. The van der Waals surface area contributed by atoms with Crippen LogP contribution < -0.4 is 0 Å². The van der Waals surface area contributed by atoms with Gasteiger partial charge >= 0.3 is 4.16 Å². The first kappa shape index (κ1) is 17.7. The van der Waals surface area contributed by atoms with E-state index in [0.717, 1.165) is 12.8 Å². The fraction of sp³-hybridized carbons (Fsp3) is 1.00. The monoisotopic (exact) mass is 330 g/mol. The van der Waals surface area contributed by atoms with Crippen LogP contribution in [-0.4, -0.2) is 9.92 Å². The fourth-order valence-electron chi connectivity index (χ4n) is 1.78. The van der Waals surface area contributed by atoms with E-state index < -0.39 is 4.16 Å². The molecule has 0 radical (unpaired) electrons. The predicted octanol–water partition coefficient (Wildman–Crippen LogP) is 6.59. The third kappa shape index (κ3) is 16.7. The van der Waals surface area contributed by atoms with Crippen LogP contribution in [0.5, 0.6) is 0 Å². The van der Waals surface area contributed by atoms with Crippen LogP contribution in [0.4, 0.5) is 8.78 Å². The first-order valence-electron chi connectivity index (χ1n) is 6.77. The third-order valence-corrected chi connectivity index (χ3v) is 4.27. The van der Waals surface area contributed by atoms with E-state index in [1.54, 1.807) is 0 Å². The molecule has 0 aromatic heterocycles. The van der Waals surface area contributed by atoms with Crippen molar-refractivity contribution in [3.8, 4) is 0 Å². The molecule has 104 valence electrons. The van der Waals surface area contributed by atoms with Gasteiger partial charge in [0.15, 0.2) is 0 Å². The van der Waals surface area contributed by atoms with E-state index in [1.165, 1.54) is 51.4 Å². The molecule has 0 aromatic carbocycles. The number of thioether (sulfide) groups is 1. The van der Waals surface area contributed by atoms with Crippen LogP contribution in [0, 0.1) is 0 Å². The maximum Gasteiger partial charge on any atom is 0.348 e.